The van der Waals surface area contributed by atoms with Gasteiger partial charge in [-0.3, -0.25) is 4.79 Å². The van der Waals surface area contributed by atoms with Crippen LogP contribution in [0.2, 0.25) is 0 Å². The summed E-state index contributed by atoms with van der Waals surface area (Å²) in [5, 5.41) is 15.1. The minimum absolute atomic E-state index is 0.0295. The standard InChI is InChI=1S/C21H25FN6O/c1-3-5-16-11-20(28-9-4-6-18(13-28)24-14(2)29)27-21(25-16)26-17-7-8-19(22)15(10-17)12-23/h7-8,10-11,18H,3-6,9,13H2,1-2H3,(H,24,29)(H,25,26,27). The molecule has 3 rings (SSSR count). The summed E-state index contributed by atoms with van der Waals surface area (Å²) in [5.41, 5.74) is 1.43. The van der Waals surface area contributed by atoms with Crippen molar-refractivity contribution in [3.8, 4) is 6.07 Å². The number of anilines is 3. The van der Waals surface area contributed by atoms with E-state index < -0.39 is 5.82 Å². The van der Waals surface area contributed by atoms with E-state index in [4.69, 9.17) is 5.26 Å². The van der Waals surface area contributed by atoms with Gasteiger partial charge in [0.25, 0.3) is 0 Å². The summed E-state index contributed by atoms with van der Waals surface area (Å²) < 4.78 is 13.6. The van der Waals surface area contributed by atoms with E-state index in [0.717, 1.165) is 43.7 Å². The van der Waals surface area contributed by atoms with E-state index in [1.54, 1.807) is 6.07 Å². The van der Waals surface area contributed by atoms with Crippen LogP contribution in [-0.2, 0) is 11.2 Å². The number of aryl methyl sites for hydroxylation is 1. The molecular formula is C21H25FN6O. The number of benzene rings is 1. The van der Waals surface area contributed by atoms with Gasteiger partial charge in [-0.1, -0.05) is 13.3 Å². The van der Waals surface area contributed by atoms with Crippen molar-refractivity contribution in [2.75, 3.05) is 23.3 Å². The number of aromatic nitrogens is 2. The number of nitriles is 1. The second kappa shape index (κ2) is 9.32. The zero-order valence-electron chi connectivity index (χ0n) is 16.7. The van der Waals surface area contributed by atoms with Crippen molar-refractivity contribution in [3.05, 3.63) is 41.3 Å². The lowest BCUT2D eigenvalue weighted by Crippen LogP contribution is -2.47. The summed E-state index contributed by atoms with van der Waals surface area (Å²) in [4.78, 5) is 22.8. The van der Waals surface area contributed by atoms with Gasteiger partial charge in [-0.15, -0.1) is 0 Å². The van der Waals surface area contributed by atoms with Gasteiger partial charge < -0.3 is 15.5 Å². The van der Waals surface area contributed by atoms with Crippen LogP contribution < -0.4 is 15.5 Å². The van der Waals surface area contributed by atoms with Gasteiger partial charge in [-0.05, 0) is 37.5 Å². The number of nitrogens with zero attached hydrogens (tertiary/aromatic N) is 4. The van der Waals surface area contributed by atoms with Crippen molar-refractivity contribution in [2.45, 2.75) is 45.6 Å². The molecule has 1 fully saturated rings. The summed E-state index contributed by atoms with van der Waals surface area (Å²) in [7, 11) is 0. The van der Waals surface area contributed by atoms with Crippen LogP contribution in [0.3, 0.4) is 0 Å². The first-order valence-corrected chi connectivity index (χ1v) is 9.85. The maximum absolute atomic E-state index is 13.6. The van der Waals surface area contributed by atoms with Crippen molar-refractivity contribution < 1.29 is 9.18 Å². The summed E-state index contributed by atoms with van der Waals surface area (Å²) in [6.07, 6.45) is 3.66. The normalized spacial score (nSPS) is 16.2. The van der Waals surface area contributed by atoms with E-state index in [1.165, 1.54) is 19.1 Å². The number of carbonyl (C=O) groups excluding carboxylic acids is 1. The molecule has 0 saturated carbocycles. The van der Waals surface area contributed by atoms with Gasteiger partial charge in [0.05, 0.1) is 5.56 Å². The molecule has 0 spiro atoms. The highest BCUT2D eigenvalue weighted by molar-refractivity contribution is 5.73. The number of halogens is 1. The molecule has 1 atom stereocenters. The molecule has 2 heterocycles. The molecular weight excluding hydrogens is 371 g/mol. The molecule has 0 bridgehead atoms. The van der Waals surface area contributed by atoms with Crippen LogP contribution in [0.4, 0.5) is 21.8 Å². The lowest BCUT2D eigenvalue weighted by molar-refractivity contribution is -0.119. The summed E-state index contributed by atoms with van der Waals surface area (Å²) in [6.45, 7) is 5.16. The number of piperidine rings is 1. The fraction of sp³-hybridized carbons (Fsp3) is 0.429. The molecule has 2 N–H and O–H groups in total. The molecule has 0 radical (unpaired) electrons. The molecule has 1 amide bonds. The third-order valence-corrected chi connectivity index (χ3v) is 4.77. The Morgan fingerprint density at radius 1 is 1.38 bits per heavy atom. The van der Waals surface area contributed by atoms with Crippen LogP contribution in [0.25, 0.3) is 0 Å². The largest absolute Gasteiger partial charge is 0.354 e. The Morgan fingerprint density at radius 2 is 2.21 bits per heavy atom. The van der Waals surface area contributed by atoms with E-state index in [9.17, 15) is 9.18 Å². The molecule has 1 unspecified atom stereocenters. The minimum Gasteiger partial charge on any atom is -0.354 e. The molecule has 1 aliphatic rings. The van der Waals surface area contributed by atoms with Crippen molar-refractivity contribution in [1.82, 2.24) is 15.3 Å². The highest BCUT2D eigenvalue weighted by Gasteiger charge is 2.22. The van der Waals surface area contributed by atoms with E-state index in [2.05, 4.69) is 32.4 Å². The van der Waals surface area contributed by atoms with Crippen molar-refractivity contribution in [2.24, 2.45) is 0 Å². The average molecular weight is 396 g/mol. The lowest BCUT2D eigenvalue weighted by atomic mass is 10.1. The van der Waals surface area contributed by atoms with Crippen LogP contribution in [0.1, 0.15) is 44.4 Å². The van der Waals surface area contributed by atoms with Gasteiger partial charge in [0.1, 0.15) is 17.7 Å². The van der Waals surface area contributed by atoms with E-state index in [0.29, 0.717) is 18.2 Å². The van der Waals surface area contributed by atoms with Crippen molar-refractivity contribution in [3.63, 3.8) is 0 Å². The highest BCUT2D eigenvalue weighted by atomic mass is 19.1. The van der Waals surface area contributed by atoms with Gasteiger partial charge in [-0.2, -0.15) is 10.2 Å². The molecule has 1 aromatic carbocycles. The van der Waals surface area contributed by atoms with Crippen LogP contribution in [-0.4, -0.2) is 35.0 Å². The van der Waals surface area contributed by atoms with E-state index >= 15 is 0 Å². The fourth-order valence-corrected chi connectivity index (χ4v) is 3.49. The zero-order valence-corrected chi connectivity index (χ0v) is 16.7. The SMILES string of the molecule is CCCc1cc(N2CCCC(NC(C)=O)C2)nc(Nc2ccc(F)c(C#N)c2)n1. The second-order valence-electron chi connectivity index (χ2n) is 7.21. The smallest absolute Gasteiger partial charge is 0.229 e. The topological polar surface area (TPSA) is 93.9 Å². The Labute approximate surface area is 170 Å². The predicted octanol–water partition coefficient (Wildman–Crippen LogP) is 3.29. The number of hydrogen-bond donors (Lipinski definition) is 2. The first-order chi connectivity index (χ1) is 14.0. The Bertz CT molecular complexity index is 926. The minimum atomic E-state index is -0.559. The Balaban J connectivity index is 1.86. The third kappa shape index (κ3) is 5.41. The molecule has 7 nitrogen and oxygen atoms in total. The molecule has 1 aromatic heterocycles. The number of amides is 1. The monoisotopic (exact) mass is 396 g/mol. The van der Waals surface area contributed by atoms with Crippen LogP contribution in [0.5, 0.6) is 0 Å². The quantitative estimate of drug-likeness (QED) is 0.778. The van der Waals surface area contributed by atoms with Crippen LogP contribution in [0.15, 0.2) is 24.3 Å². The molecule has 152 valence electrons. The van der Waals surface area contributed by atoms with Crippen molar-refractivity contribution in [1.29, 1.82) is 5.26 Å². The first kappa shape index (κ1) is 20.5. The molecule has 29 heavy (non-hydrogen) atoms. The van der Waals surface area contributed by atoms with Gasteiger partial charge in [-0.25, -0.2) is 9.37 Å². The van der Waals surface area contributed by atoms with E-state index in [-0.39, 0.29) is 17.5 Å². The maximum atomic E-state index is 13.6. The number of hydrogen-bond acceptors (Lipinski definition) is 6. The van der Waals surface area contributed by atoms with Crippen molar-refractivity contribution >= 4 is 23.4 Å². The Kier molecular flexibility index (Phi) is 6.60. The van der Waals surface area contributed by atoms with Gasteiger partial charge in [0.15, 0.2) is 0 Å². The van der Waals surface area contributed by atoms with Gasteiger partial charge in [0.2, 0.25) is 11.9 Å². The highest BCUT2D eigenvalue weighted by Crippen LogP contribution is 2.23. The third-order valence-electron chi connectivity index (χ3n) is 4.77. The second-order valence-corrected chi connectivity index (χ2v) is 7.21. The number of carbonyl (C=O) groups is 1. The average Bonchev–Trinajstić information content (AvgIpc) is 2.69. The first-order valence-electron chi connectivity index (χ1n) is 9.85. The molecule has 8 heteroatoms. The molecule has 1 aliphatic heterocycles. The Morgan fingerprint density at radius 3 is 2.93 bits per heavy atom. The maximum Gasteiger partial charge on any atom is 0.229 e. The fourth-order valence-electron chi connectivity index (χ4n) is 3.49. The summed E-state index contributed by atoms with van der Waals surface area (Å²) >= 11 is 0. The number of rotatable bonds is 6. The van der Waals surface area contributed by atoms with Gasteiger partial charge in [0, 0.05) is 43.5 Å². The molecule has 0 aliphatic carbocycles. The molecule has 1 saturated heterocycles. The van der Waals surface area contributed by atoms with Crippen LogP contribution in [0, 0.1) is 17.1 Å². The predicted molar refractivity (Wildman–Crippen MR) is 109 cm³/mol. The van der Waals surface area contributed by atoms with Crippen LogP contribution >= 0.6 is 0 Å². The lowest BCUT2D eigenvalue weighted by Gasteiger charge is -2.34. The zero-order chi connectivity index (χ0) is 20.8. The Hall–Kier alpha value is -3.21. The summed E-state index contributed by atoms with van der Waals surface area (Å²) in [6, 6.07) is 8.16. The molecule has 2 aromatic rings. The summed E-state index contributed by atoms with van der Waals surface area (Å²) in [5.74, 6) is 0.613. The van der Waals surface area contributed by atoms with E-state index in [1.807, 2.05) is 12.1 Å². The van der Waals surface area contributed by atoms with Gasteiger partial charge >= 0.3 is 0 Å². The number of nitrogens with one attached hydrogen (secondary N) is 2.